The molecule has 1 aromatic heterocycles. The average molecular weight is 348 g/mol. The van der Waals surface area contributed by atoms with Crippen molar-refractivity contribution in [2.45, 2.75) is 51.6 Å². The van der Waals surface area contributed by atoms with Crippen LogP contribution >= 0.6 is 0 Å². The van der Waals surface area contributed by atoms with Gasteiger partial charge in [-0.25, -0.2) is 4.98 Å². The molecule has 26 heavy (non-hydrogen) atoms. The van der Waals surface area contributed by atoms with Gasteiger partial charge in [-0.2, -0.15) is 0 Å². The number of benzene rings is 2. The number of hydrogen-bond donors (Lipinski definition) is 2. The molecule has 1 atom stereocenters. The maximum Gasteiger partial charge on any atom is 0.205 e. The van der Waals surface area contributed by atoms with E-state index >= 15 is 0 Å². The summed E-state index contributed by atoms with van der Waals surface area (Å²) in [7, 11) is 0. The summed E-state index contributed by atoms with van der Waals surface area (Å²) in [6.07, 6.45) is 6.90. The molecule has 0 radical (unpaired) electrons. The van der Waals surface area contributed by atoms with Gasteiger partial charge in [0, 0.05) is 12.6 Å². The van der Waals surface area contributed by atoms with Gasteiger partial charge in [-0.15, -0.1) is 0 Å². The first-order valence-corrected chi connectivity index (χ1v) is 9.77. The number of nitrogens with two attached hydrogens (primary N) is 1. The molecule has 0 bridgehead atoms. The van der Waals surface area contributed by atoms with Crippen molar-refractivity contribution in [1.29, 1.82) is 0 Å². The molecule has 0 unspecified atom stereocenters. The quantitative estimate of drug-likeness (QED) is 0.681. The van der Waals surface area contributed by atoms with Crippen LogP contribution < -0.4 is 11.1 Å². The van der Waals surface area contributed by atoms with Crippen molar-refractivity contribution in [1.82, 2.24) is 14.9 Å². The zero-order valence-corrected chi connectivity index (χ0v) is 15.5. The second kappa shape index (κ2) is 7.50. The van der Waals surface area contributed by atoms with Crippen LogP contribution in [0.2, 0.25) is 0 Å². The van der Waals surface area contributed by atoms with E-state index in [1.165, 1.54) is 37.7 Å². The van der Waals surface area contributed by atoms with Crippen molar-refractivity contribution in [2.75, 3.05) is 5.73 Å². The molecule has 4 heteroatoms. The lowest BCUT2D eigenvalue weighted by Crippen LogP contribution is -2.28. The number of fused-ring (bicyclic) bond motifs is 1. The third-order valence-corrected chi connectivity index (χ3v) is 5.62. The van der Waals surface area contributed by atoms with Crippen molar-refractivity contribution >= 4 is 17.0 Å². The second-order valence-corrected chi connectivity index (χ2v) is 7.59. The molecular weight excluding hydrogens is 320 g/mol. The Balaban J connectivity index is 1.56. The molecule has 3 aromatic rings. The van der Waals surface area contributed by atoms with Gasteiger partial charge in [-0.1, -0.05) is 56.0 Å². The van der Waals surface area contributed by atoms with Gasteiger partial charge in [-0.05, 0) is 43.0 Å². The Hall–Kier alpha value is -2.33. The van der Waals surface area contributed by atoms with Gasteiger partial charge >= 0.3 is 0 Å². The van der Waals surface area contributed by atoms with Crippen LogP contribution in [0, 0.1) is 5.92 Å². The molecule has 136 valence electrons. The molecule has 1 fully saturated rings. The van der Waals surface area contributed by atoms with E-state index in [1.807, 2.05) is 18.2 Å². The number of anilines is 1. The molecule has 0 spiro atoms. The molecule has 0 amide bonds. The van der Waals surface area contributed by atoms with Gasteiger partial charge < -0.3 is 11.1 Å². The van der Waals surface area contributed by atoms with Crippen LogP contribution in [0.1, 0.15) is 44.6 Å². The van der Waals surface area contributed by atoms with Crippen molar-refractivity contribution < 1.29 is 0 Å². The number of aromatic nitrogens is 2. The van der Waals surface area contributed by atoms with E-state index in [4.69, 9.17) is 5.73 Å². The van der Waals surface area contributed by atoms with Crippen LogP contribution in [0.25, 0.3) is 16.7 Å². The maximum atomic E-state index is 6.25. The van der Waals surface area contributed by atoms with E-state index in [9.17, 15) is 0 Å². The lowest BCUT2D eigenvalue weighted by molar-refractivity contribution is 0.404. The highest BCUT2D eigenvalue weighted by molar-refractivity contribution is 5.81. The SMILES string of the molecule is C[C@@H](CC1CCCC1)NCc1ccccc1-n1c(N)nc2ccccc21. The molecule has 2 aromatic carbocycles. The van der Waals surface area contributed by atoms with Crippen LogP contribution in [0.4, 0.5) is 5.95 Å². The first kappa shape index (κ1) is 17.1. The van der Waals surface area contributed by atoms with Crippen LogP contribution in [0.5, 0.6) is 0 Å². The monoisotopic (exact) mass is 348 g/mol. The third-order valence-electron chi connectivity index (χ3n) is 5.62. The highest BCUT2D eigenvalue weighted by Gasteiger charge is 2.18. The zero-order valence-electron chi connectivity index (χ0n) is 15.5. The summed E-state index contributed by atoms with van der Waals surface area (Å²) in [5.41, 5.74) is 10.6. The van der Waals surface area contributed by atoms with Gasteiger partial charge in [0.05, 0.1) is 16.7 Å². The number of imidazole rings is 1. The van der Waals surface area contributed by atoms with Crippen molar-refractivity contribution in [3.05, 3.63) is 54.1 Å². The fraction of sp³-hybridized carbons (Fsp3) is 0.409. The van der Waals surface area contributed by atoms with E-state index in [0.29, 0.717) is 12.0 Å². The van der Waals surface area contributed by atoms with E-state index in [0.717, 1.165) is 29.2 Å². The Morgan fingerprint density at radius 3 is 2.69 bits per heavy atom. The predicted octanol–water partition coefficient (Wildman–Crippen LogP) is 4.67. The number of nitrogens with zero attached hydrogens (tertiary/aromatic N) is 2. The smallest absolute Gasteiger partial charge is 0.205 e. The summed E-state index contributed by atoms with van der Waals surface area (Å²) in [6, 6.07) is 17.1. The van der Waals surface area contributed by atoms with E-state index in [1.54, 1.807) is 0 Å². The average Bonchev–Trinajstić information content (AvgIpc) is 3.27. The van der Waals surface area contributed by atoms with Gasteiger partial charge in [0.2, 0.25) is 5.95 Å². The Bertz CT molecular complexity index is 877. The van der Waals surface area contributed by atoms with Gasteiger partial charge in [0.25, 0.3) is 0 Å². The Kier molecular flexibility index (Phi) is 4.93. The molecule has 4 rings (SSSR count). The zero-order chi connectivity index (χ0) is 17.9. The fourth-order valence-electron chi connectivity index (χ4n) is 4.29. The van der Waals surface area contributed by atoms with Crippen molar-refractivity contribution in [2.24, 2.45) is 5.92 Å². The van der Waals surface area contributed by atoms with Crippen molar-refractivity contribution in [3.8, 4) is 5.69 Å². The summed E-state index contributed by atoms with van der Waals surface area (Å²) < 4.78 is 2.06. The minimum absolute atomic E-state index is 0.531. The Morgan fingerprint density at radius 1 is 1.12 bits per heavy atom. The van der Waals surface area contributed by atoms with Crippen LogP contribution in [-0.4, -0.2) is 15.6 Å². The van der Waals surface area contributed by atoms with E-state index < -0.39 is 0 Å². The highest BCUT2D eigenvalue weighted by Crippen LogP contribution is 2.29. The van der Waals surface area contributed by atoms with E-state index in [-0.39, 0.29) is 0 Å². The van der Waals surface area contributed by atoms with Gasteiger partial charge in [-0.3, -0.25) is 4.57 Å². The summed E-state index contributed by atoms with van der Waals surface area (Å²) in [6.45, 7) is 3.15. The van der Waals surface area contributed by atoms with Gasteiger partial charge in [0.15, 0.2) is 0 Å². The number of nitrogen functional groups attached to an aromatic ring is 1. The lowest BCUT2D eigenvalue weighted by Gasteiger charge is -2.19. The molecule has 0 aliphatic heterocycles. The minimum atomic E-state index is 0.531. The standard InChI is InChI=1S/C22H28N4/c1-16(14-17-8-2-3-9-17)24-15-18-10-4-6-12-20(18)26-21-13-7-5-11-19(21)25-22(26)23/h4-7,10-13,16-17,24H,2-3,8-9,14-15H2,1H3,(H2,23,25)/t16-/m0/s1. The predicted molar refractivity (Wildman–Crippen MR) is 108 cm³/mol. The van der Waals surface area contributed by atoms with Gasteiger partial charge in [0.1, 0.15) is 0 Å². The molecule has 1 aliphatic rings. The molecule has 3 N–H and O–H groups in total. The lowest BCUT2D eigenvalue weighted by atomic mass is 9.99. The Morgan fingerprint density at radius 2 is 1.85 bits per heavy atom. The summed E-state index contributed by atoms with van der Waals surface area (Å²) in [5, 5.41) is 3.72. The highest BCUT2D eigenvalue weighted by atomic mass is 15.2. The molecule has 0 saturated heterocycles. The minimum Gasteiger partial charge on any atom is -0.369 e. The molecular formula is C22H28N4. The summed E-state index contributed by atoms with van der Waals surface area (Å²) in [4.78, 5) is 4.51. The van der Waals surface area contributed by atoms with Crippen molar-refractivity contribution in [3.63, 3.8) is 0 Å². The number of hydrogen-bond acceptors (Lipinski definition) is 3. The normalized spacial score (nSPS) is 16.3. The first-order chi connectivity index (χ1) is 12.7. The molecule has 4 nitrogen and oxygen atoms in total. The molecule has 1 saturated carbocycles. The summed E-state index contributed by atoms with van der Waals surface area (Å²) >= 11 is 0. The van der Waals surface area contributed by atoms with Crippen LogP contribution in [0.3, 0.4) is 0 Å². The number of nitrogens with one attached hydrogen (secondary N) is 1. The summed E-state index contributed by atoms with van der Waals surface area (Å²) in [5.74, 6) is 1.44. The topological polar surface area (TPSA) is 55.9 Å². The Labute approximate surface area is 155 Å². The molecule has 1 aliphatic carbocycles. The largest absolute Gasteiger partial charge is 0.369 e. The molecule has 1 heterocycles. The fourth-order valence-corrected chi connectivity index (χ4v) is 4.29. The van der Waals surface area contributed by atoms with E-state index in [2.05, 4.69) is 52.1 Å². The third kappa shape index (κ3) is 3.47. The second-order valence-electron chi connectivity index (χ2n) is 7.59. The number of para-hydroxylation sites is 3. The number of rotatable bonds is 6. The van der Waals surface area contributed by atoms with Crippen LogP contribution in [-0.2, 0) is 6.54 Å². The first-order valence-electron chi connectivity index (χ1n) is 9.77. The van der Waals surface area contributed by atoms with Crippen LogP contribution in [0.15, 0.2) is 48.5 Å². The maximum absolute atomic E-state index is 6.25.